The Labute approximate surface area is 447 Å². The highest BCUT2D eigenvalue weighted by molar-refractivity contribution is 6.14. The topological polar surface area (TPSA) is 19.6 Å². The van der Waals surface area contributed by atoms with Crippen LogP contribution in [0.3, 0.4) is 0 Å². The number of benzene rings is 12. The largest absolute Gasteiger partial charge is 0.456 e. The van der Waals surface area contributed by atoms with Gasteiger partial charge in [0.15, 0.2) is 0 Å². The van der Waals surface area contributed by atoms with Gasteiger partial charge in [-0.25, -0.2) is 0 Å². The third-order valence-electron chi connectivity index (χ3n) is 16.9. The van der Waals surface area contributed by atoms with Crippen LogP contribution in [0.4, 0.5) is 34.1 Å². The minimum Gasteiger partial charge on any atom is -0.456 e. The van der Waals surface area contributed by atoms with Gasteiger partial charge in [-0.1, -0.05) is 224 Å². The van der Waals surface area contributed by atoms with Crippen molar-refractivity contribution in [1.82, 2.24) is 0 Å². The molecular weight excluding hydrogens is 933 g/mol. The molecule has 0 amide bonds. The number of para-hydroxylation sites is 3. The summed E-state index contributed by atoms with van der Waals surface area (Å²) in [5, 5.41) is 2.15. The van der Waals surface area contributed by atoms with Crippen molar-refractivity contribution < 1.29 is 4.42 Å². The van der Waals surface area contributed by atoms with Gasteiger partial charge >= 0.3 is 0 Å². The lowest BCUT2D eigenvalue weighted by Gasteiger charge is -2.45. The zero-order chi connectivity index (χ0) is 50.7. The molecule has 0 bridgehead atoms. The Bertz CT molecular complexity index is 4410. The molecule has 360 valence electrons. The van der Waals surface area contributed by atoms with Crippen molar-refractivity contribution in [3.63, 3.8) is 0 Å². The molecule has 0 fully saturated rings. The molecule has 0 spiro atoms. The van der Waals surface area contributed by atoms with Crippen molar-refractivity contribution in [2.75, 3.05) is 9.80 Å². The summed E-state index contributed by atoms with van der Waals surface area (Å²) >= 11 is 0. The van der Waals surface area contributed by atoms with Crippen LogP contribution in [0.2, 0.25) is 0 Å². The molecule has 13 aromatic rings. The highest BCUT2D eigenvalue weighted by Crippen LogP contribution is 2.67. The van der Waals surface area contributed by atoms with E-state index < -0.39 is 10.8 Å². The first kappa shape index (κ1) is 43.4. The summed E-state index contributed by atoms with van der Waals surface area (Å²) in [7, 11) is 0. The number of furan rings is 1. The number of anilines is 6. The quantitative estimate of drug-likeness (QED) is 0.151. The average molecular weight is 981 g/mol. The molecule has 0 N–H and O–H groups in total. The Morgan fingerprint density at radius 2 is 0.857 bits per heavy atom. The number of rotatable bonds is 8. The maximum Gasteiger partial charge on any atom is 0.137 e. The van der Waals surface area contributed by atoms with Crippen LogP contribution in [0.15, 0.2) is 296 Å². The Hall–Kier alpha value is -9.96. The van der Waals surface area contributed by atoms with E-state index in [1.807, 2.05) is 0 Å². The monoisotopic (exact) mass is 980 g/mol. The van der Waals surface area contributed by atoms with Crippen LogP contribution in [-0.4, -0.2) is 0 Å². The second-order valence-corrected chi connectivity index (χ2v) is 20.6. The zero-order valence-electron chi connectivity index (χ0n) is 42.0. The Morgan fingerprint density at radius 3 is 1.56 bits per heavy atom. The van der Waals surface area contributed by atoms with E-state index in [-0.39, 0.29) is 0 Å². The maximum absolute atomic E-state index is 6.73. The maximum atomic E-state index is 6.73. The second-order valence-electron chi connectivity index (χ2n) is 20.6. The zero-order valence-corrected chi connectivity index (χ0v) is 42.0. The van der Waals surface area contributed by atoms with Crippen molar-refractivity contribution in [1.29, 1.82) is 0 Å². The highest BCUT2D eigenvalue weighted by atomic mass is 16.3. The summed E-state index contributed by atoms with van der Waals surface area (Å²) in [6.45, 7) is 0. The van der Waals surface area contributed by atoms with Gasteiger partial charge in [0.1, 0.15) is 11.2 Å². The number of nitrogens with zero attached hydrogens (tertiary/aromatic N) is 2. The highest BCUT2D eigenvalue weighted by Gasteiger charge is 2.54. The van der Waals surface area contributed by atoms with Gasteiger partial charge in [-0.3, -0.25) is 0 Å². The Morgan fingerprint density at radius 1 is 0.338 bits per heavy atom. The van der Waals surface area contributed by atoms with Crippen LogP contribution in [0, 0.1) is 0 Å². The first-order chi connectivity index (χ1) is 38.2. The third-order valence-corrected chi connectivity index (χ3v) is 16.9. The summed E-state index contributed by atoms with van der Waals surface area (Å²) < 4.78 is 6.73. The summed E-state index contributed by atoms with van der Waals surface area (Å²) in [5.41, 5.74) is 24.4. The first-order valence-electron chi connectivity index (χ1n) is 26.7. The average Bonchev–Trinajstić information content (AvgIpc) is 3.64. The molecule has 2 aliphatic carbocycles. The lowest BCUT2D eigenvalue weighted by atomic mass is 9.64. The lowest BCUT2D eigenvalue weighted by molar-refractivity contribution is 0.669. The minimum atomic E-state index is -0.709. The van der Waals surface area contributed by atoms with Gasteiger partial charge in [-0.15, -0.1) is 0 Å². The van der Waals surface area contributed by atoms with Crippen molar-refractivity contribution in [3.05, 3.63) is 336 Å². The molecule has 1 atom stereocenters. The van der Waals surface area contributed by atoms with Crippen LogP contribution in [0.5, 0.6) is 0 Å². The van der Waals surface area contributed by atoms with E-state index in [1.165, 1.54) is 83.6 Å². The molecular formula is C74H48N2O. The van der Waals surface area contributed by atoms with Gasteiger partial charge in [0.2, 0.25) is 0 Å². The molecule has 77 heavy (non-hydrogen) atoms. The van der Waals surface area contributed by atoms with Gasteiger partial charge in [-0.05, 0) is 139 Å². The molecule has 12 aromatic carbocycles. The fraction of sp³-hybridized carbons (Fsp3) is 0.0270. The summed E-state index contributed by atoms with van der Waals surface area (Å²) in [6, 6.07) is 108. The summed E-state index contributed by atoms with van der Waals surface area (Å²) in [6.07, 6.45) is 0. The molecule has 3 nitrogen and oxygen atoms in total. The first-order valence-corrected chi connectivity index (χ1v) is 26.7. The molecule has 2 heterocycles. The number of hydrogen-bond donors (Lipinski definition) is 0. The molecule has 0 saturated carbocycles. The van der Waals surface area contributed by atoms with Crippen LogP contribution in [0.1, 0.15) is 44.5 Å². The Kier molecular flexibility index (Phi) is 9.47. The standard InChI is InChI=1S/C74H48N2O/c1-6-23-49(24-7-1)56-45-46-67-72-70(56)59-44-42-55(48-64(59)74(72,52-29-12-4-13-30-52)62-36-19-20-37-65(62)76(67)53-31-14-5-15-32-53)75(66-38-22-40-69-71(66)60-34-17-21-39-68(60)77-69)54-41-43-58-57-33-16-18-35-61(57)73(63(58)47-54,50-25-8-2-9-26-50)51-27-10-3-11-28-51/h1-48H. The molecule has 0 radical (unpaired) electrons. The van der Waals surface area contributed by atoms with E-state index in [0.29, 0.717) is 0 Å². The lowest BCUT2D eigenvalue weighted by Crippen LogP contribution is -2.36. The van der Waals surface area contributed by atoms with Crippen LogP contribution < -0.4 is 9.80 Å². The van der Waals surface area contributed by atoms with Crippen molar-refractivity contribution in [3.8, 4) is 33.4 Å². The van der Waals surface area contributed by atoms with Crippen LogP contribution >= 0.6 is 0 Å². The summed E-state index contributed by atoms with van der Waals surface area (Å²) in [5.74, 6) is 0. The van der Waals surface area contributed by atoms with E-state index in [2.05, 4.69) is 301 Å². The van der Waals surface area contributed by atoms with Gasteiger partial charge in [-0.2, -0.15) is 0 Å². The van der Waals surface area contributed by atoms with Crippen molar-refractivity contribution in [2.45, 2.75) is 10.8 Å². The van der Waals surface area contributed by atoms with Crippen LogP contribution in [0.25, 0.3) is 55.3 Å². The fourth-order valence-corrected chi connectivity index (χ4v) is 14.0. The fourth-order valence-electron chi connectivity index (χ4n) is 14.0. The van der Waals surface area contributed by atoms with E-state index in [1.54, 1.807) is 0 Å². The van der Waals surface area contributed by atoms with E-state index in [0.717, 1.165) is 50.4 Å². The van der Waals surface area contributed by atoms with Gasteiger partial charge in [0.25, 0.3) is 0 Å². The predicted octanol–water partition coefficient (Wildman–Crippen LogP) is 19.2. The minimum absolute atomic E-state index is 0.595. The molecule has 1 aliphatic heterocycles. The SMILES string of the molecule is c1ccc(-c2ccc3c4c2-c2ccc(N(c5ccc6c(c5)C(c5ccccc5)(c5ccccc5)c5ccccc5-6)c5cccc6oc7ccccc7c56)cc2C4(c2ccccc2)c2ccccc2N3c2ccccc2)cc1. The predicted molar refractivity (Wildman–Crippen MR) is 317 cm³/mol. The van der Waals surface area contributed by atoms with E-state index in [9.17, 15) is 0 Å². The molecule has 16 rings (SSSR count). The molecule has 1 unspecified atom stereocenters. The normalized spacial score (nSPS) is 15.1. The van der Waals surface area contributed by atoms with Crippen molar-refractivity contribution >= 4 is 56.1 Å². The molecule has 0 saturated heterocycles. The Balaban J connectivity index is 1.02. The van der Waals surface area contributed by atoms with Gasteiger partial charge in [0, 0.05) is 28.0 Å². The third kappa shape index (κ3) is 6.02. The van der Waals surface area contributed by atoms with E-state index >= 15 is 0 Å². The molecule has 3 heteroatoms. The van der Waals surface area contributed by atoms with Gasteiger partial charge < -0.3 is 14.2 Å². The summed E-state index contributed by atoms with van der Waals surface area (Å²) in [4.78, 5) is 5.00. The van der Waals surface area contributed by atoms with Gasteiger partial charge in [0.05, 0.1) is 33.3 Å². The second kappa shape index (κ2) is 16.8. The smallest absolute Gasteiger partial charge is 0.137 e. The number of fused-ring (bicyclic) bond motifs is 11. The number of hydrogen-bond acceptors (Lipinski definition) is 3. The van der Waals surface area contributed by atoms with Crippen molar-refractivity contribution in [2.24, 2.45) is 0 Å². The molecule has 3 aliphatic rings. The van der Waals surface area contributed by atoms with E-state index in [4.69, 9.17) is 4.42 Å². The van der Waals surface area contributed by atoms with Crippen LogP contribution in [-0.2, 0) is 10.8 Å². The molecule has 1 aromatic heterocycles.